The first-order valence-corrected chi connectivity index (χ1v) is 9.46. The van der Waals surface area contributed by atoms with Crippen LogP contribution in [0.15, 0.2) is 36.7 Å². The van der Waals surface area contributed by atoms with E-state index in [0.717, 1.165) is 29.8 Å². The average molecular weight is 373 g/mol. The largest absolute Gasteiger partial charge is 0.356 e. The topological polar surface area (TPSA) is 58.1 Å². The first-order valence-electron chi connectivity index (χ1n) is 8.27. The predicted octanol–water partition coefficient (Wildman–Crippen LogP) is 4.59. The minimum absolute atomic E-state index is 0.165. The van der Waals surface area contributed by atoms with Crippen LogP contribution in [0.2, 0.25) is 4.34 Å². The van der Waals surface area contributed by atoms with E-state index in [1.54, 1.807) is 18.5 Å². The summed E-state index contributed by atoms with van der Waals surface area (Å²) in [7, 11) is 0. The fourth-order valence-electron chi connectivity index (χ4n) is 3.11. The molecule has 0 saturated carbocycles. The number of aromatic nitrogens is 2. The molecule has 3 aromatic rings. The number of carbonyl (C=O) groups is 1. The van der Waals surface area contributed by atoms with Crippen LogP contribution in [0.25, 0.3) is 10.9 Å². The molecule has 128 valence electrons. The number of fused-ring (bicyclic) bond motifs is 1. The molecular weight excluding hydrogens is 356 g/mol. The summed E-state index contributed by atoms with van der Waals surface area (Å²) < 4.78 is 0.600. The maximum absolute atomic E-state index is 12.3. The highest BCUT2D eigenvalue weighted by molar-refractivity contribution is 7.18. The number of amides is 1. The number of halogens is 1. The molecule has 1 aromatic carbocycles. The van der Waals surface area contributed by atoms with Gasteiger partial charge >= 0.3 is 0 Å². The van der Waals surface area contributed by atoms with Gasteiger partial charge in [0.25, 0.3) is 5.91 Å². The minimum atomic E-state index is -0.165. The van der Waals surface area contributed by atoms with Gasteiger partial charge in [-0.3, -0.25) is 4.79 Å². The Labute approximate surface area is 154 Å². The number of carbonyl (C=O) groups excluding carboxylic acids is 1. The van der Waals surface area contributed by atoms with Crippen molar-refractivity contribution in [3.63, 3.8) is 0 Å². The van der Waals surface area contributed by atoms with E-state index in [-0.39, 0.29) is 5.91 Å². The third kappa shape index (κ3) is 3.45. The molecule has 1 fully saturated rings. The number of anilines is 2. The molecule has 4 rings (SSSR count). The second kappa shape index (κ2) is 6.98. The number of piperidine rings is 1. The van der Waals surface area contributed by atoms with E-state index in [0.29, 0.717) is 14.9 Å². The Morgan fingerprint density at radius 2 is 1.96 bits per heavy atom. The van der Waals surface area contributed by atoms with Gasteiger partial charge in [-0.05, 0) is 49.6 Å². The third-order valence-corrected chi connectivity index (χ3v) is 5.56. The Hall–Kier alpha value is -2.18. The molecule has 3 heterocycles. The Morgan fingerprint density at radius 1 is 1.12 bits per heavy atom. The van der Waals surface area contributed by atoms with Gasteiger partial charge in [-0.15, -0.1) is 11.3 Å². The van der Waals surface area contributed by atoms with Crippen LogP contribution in [0.1, 0.15) is 28.9 Å². The van der Waals surface area contributed by atoms with Gasteiger partial charge in [0.05, 0.1) is 14.7 Å². The molecule has 5 nitrogen and oxygen atoms in total. The van der Waals surface area contributed by atoms with E-state index in [9.17, 15) is 4.79 Å². The van der Waals surface area contributed by atoms with Crippen molar-refractivity contribution in [1.82, 2.24) is 9.97 Å². The van der Waals surface area contributed by atoms with Gasteiger partial charge in [0.15, 0.2) is 0 Å². The number of rotatable bonds is 3. The lowest BCUT2D eigenvalue weighted by atomic mass is 10.1. The molecule has 0 aliphatic carbocycles. The molecule has 0 bridgehead atoms. The van der Waals surface area contributed by atoms with Gasteiger partial charge in [0.2, 0.25) is 0 Å². The molecule has 1 aliphatic rings. The highest BCUT2D eigenvalue weighted by Crippen LogP contribution is 2.28. The highest BCUT2D eigenvalue weighted by Gasteiger charge is 2.16. The molecular formula is C18H17ClN4OS. The smallest absolute Gasteiger partial charge is 0.265 e. The Morgan fingerprint density at radius 3 is 2.72 bits per heavy atom. The SMILES string of the molecule is O=C(Nc1ccc2c(N3CCCCC3)ncnc2c1)c1ccc(Cl)s1. The molecule has 2 aromatic heterocycles. The number of nitrogens with zero attached hydrogens (tertiary/aromatic N) is 3. The lowest BCUT2D eigenvalue weighted by Gasteiger charge is -2.28. The van der Waals surface area contributed by atoms with Crippen molar-refractivity contribution in [1.29, 1.82) is 0 Å². The van der Waals surface area contributed by atoms with Crippen molar-refractivity contribution in [3.05, 3.63) is 45.9 Å². The van der Waals surface area contributed by atoms with E-state index >= 15 is 0 Å². The fraction of sp³-hybridized carbons (Fsp3) is 0.278. The van der Waals surface area contributed by atoms with Crippen LogP contribution in [-0.4, -0.2) is 29.0 Å². The molecule has 1 saturated heterocycles. The number of hydrogen-bond acceptors (Lipinski definition) is 5. The van der Waals surface area contributed by atoms with Crippen LogP contribution in [0.5, 0.6) is 0 Å². The molecule has 1 aliphatic heterocycles. The summed E-state index contributed by atoms with van der Waals surface area (Å²) in [4.78, 5) is 24.0. The lowest BCUT2D eigenvalue weighted by molar-refractivity contribution is 0.103. The first kappa shape index (κ1) is 16.3. The molecule has 1 amide bonds. The van der Waals surface area contributed by atoms with E-state index in [1.165, 1.54) is 30.6 Å². The van der Waals surface area contributed by atoms with Gasteiger partial charge in [0.1, 0.15) is 12.1 Å². The van der Waals surface area contributed by atoms with Crippen LogP contribution < -0.4 is 10.2 Å². The summed E-state index contributed by atoms with van der Waals surface area (Å²) in [5.74, 6) is 0.814. The second-order valence-electron chi connectivity index (χ2n) is 6.03. The van der Waals surface area contributed by atoms with Gasteiger partial charge in [0, 0.05) is 24.2 Å². The maximum atomic E-state index is 12.3. The maximum Gasteiger partial charge on any atom is 0.265 e. The molecule has 1 N–H and O–H groups in total. The summed E-state index contributed by atoms with van der Waals surface area (Å²) in [6, 6.07) is 9.21. The normalized spacial score (nSPS) is 14.7. The summed E-state index contributed by atoms with van der Waals surface area (Å²) in [5, 5.41) is 3.92. The molecule has 0 radical (unpaired) electrons. The Kier molecular flexibility index (Phi) is 4.55. The molecule has 7 heteroatoms. The van der Waals surface area contributed by atoms with Crippen molar-refractivity contribution in [2.24, 2.45) is 0 Å². The predicted molar refractivity (Wildman–Crippen MR) is 103 cm³/mol. The number of thiophene rings is 1. The van der Waals surface area contributed by atoms with Crippen LogP contribution in [0, 0.1) is 0 Å². The number of nitrogens with one attached hydrogen (secondary N) is 1. The fourth-order valence-corrected chi connectivity index (χ4v) is 4.05. The van der Waals surface area contributed by atoms with E-state index in [2.05, 4.69) is 20.2 Å². The molecule has 0 unspecified atom stereocenters. The third-order valence-electron chi connectivity index (χ3n) is 4.33. The van der Waals surface area contributed by atoms with E-state index in [4.69, 9.17) is 11.6 Å². The van der Waals surface area contributed by atoms with Gasteiger partial charge in [-0.1, -0.05) is 11.6 Å². The lowest BCUT2D eigenvalue weighted by Crippen LogP contribution is -2.30. The first-order chi connectivity index (χ1) is 12.2. The van der Waals surface area contributed by atoms with E-state index < -0.39 is 0 Å². The second-order valence-corrected chi connectivity index (χ2v) is 7.75. The van der Waals surface area contributed by atoms with Gasteiger partial charge in [-0.2, -0.15) is 0 Å². The molecule has 25 heavy (non-hydrogen) atoms. The summed E-state index contributed by atoms with van der Waals surface area (Å²) >= 11 is 7.15. The van der Waals surface area contributed by atoms with Crippen LogP contribution in [-0.2, 0) is 0 Å². The molecule has 0 atom stereocenters. The average Bonchev–Trinajstić information content (AvgIpc) is 3.08. The summed E-state index contributed by atoms with van der Waals surface area (Å²) in [5.41, 5.74) is 1.54. The Bertz CT molecular complexity index is 920. The standard InChI is InChI=1S/C18H17ClN4OS/c19-16-7-6-15(25-16)18(24)22-12-4-5-13-14(10-12)20-11-21-17(13)23-8-2-1-3-9-23/h4-7,10-11H,1-3,8-9H2,(H,22,24). The van der Waals surface area contributed by atoms with Crippen molar-refractivity contribution in [2.45, 2.75) is 19.3 Å². The van der Waals surface area contributed by atoms with Crippen LogP contribution in [0.4, 0.5) is 11.5 Å². The zero-order valence-electron chi connectivity index (χ0n) is 13.5. The number of hydrogen-bond donors (Lipinski definition) is 1. The van der Waals surface area contributed by atoms with Crippen molar-refractivity contribution < 1.29 is 4.79 Å². The van der Waals surface area contributed by atoms with E-state index in [1.807, 2.05) is 18.2 Å². The monoisotopic (exact) mass is 372 g/mol. The summed E-state index contributed by atoms with van der Waals surface area (Å²) in [6.07, 6.45) is 5.27. The van der Waals surface area contributed by atoms with Crippen molar-refractivity contribution >= 4 is 51.3 Å². The minimum Gasteiger partial charge on any atom is -0.356 e. The number of benzene rings is 1. The molecule has 0 spiro atoms. The highest BCUT2D eigenvalue weighted by atomic mass is 35.5. The zero-order chi connectivity index (χ0) is 17.2. The quantitative estimate of drug-likeness (QED) is 0.730. The van der Waals surface area contributed by atoms with Gasteiger partial charge in [-0.25, -0.2) is 9.97 Å². The summed E-state index contributed by atoms with van der Waals surface area (Å²) in [6.45, 7) is 2.06. The van der Waals surface area contributed by atoms with Gasteiger partial charge < -0.3 is 10.2 Å². The van der Waals surface area contributed by atoms with Crippen LogP contribution >= 0.6 is 22.9 Å². The van der Waals surface area contributed by atoms with Crippen molar-refractivity contribution in [3.8, 4) is 0 Å². The Balaban J connectivity index is 1.61. The zero-order valence-corrected chi connectivity index (χ0v) is 15.1. The van der Waals surface area contributed by atoms with Crippen molar-refractivity contribution in [2.75, 3.05) is 23.3 Å². The van der Waals surface area contributed by atoms with Crippen LogP contribution in [0.3, 0.4) is 0 Å².